The van der Waals surface area contributed by atoms with Crippen molar-refractivity contribution in [2.75, 3.05) is 33.8 Å². The van der Waals surface area contributed by atoms with Gasteiger partial charge in [-0.2, -0.15) is 26.3 Å². The van der Waals surface area contributed by atoms with E-state index in [1.807, 2.05) is 12.1 Å². The molecule has 0 saturated carbocycles. The zero-order valence-corrected chi connectivity index (χ0v) is 24.1. The molecule has 2 aliphatic heterocycles. The third-order valence-electron chi connectivity index (χ3n) is 7.12. The smallest absolute Gasteiger partial charge is 0.490 e. The van der Waals surface area contributed by atoms with E-state index in [2.05, 4.69) is 43.7 Å². The quantitative estimate of drug-likeness (QED) is 0.384. The van der Waals surface area contributed by atoms with Gasteiger partial charge in [-0.15, -0.1) is 10.2 Å². The van der Waals surface area contributed by atoms with Crippen molar-refractivity contribution in [3.05, 3.63) is 65.7 Å². The van der Waals surface area contributed by atoms with E-state index in [9.17, 15) is 30.7 Å². The molecule has 0 bridgehead atoms. The zero-order valence-electron chi connectivity index (χ0n) is 24.1. The van der Waals surface area contributed by atoms with Crippen LogP contribution in [0.3, 0.4) is 0 Å². The molecule has 1 spiro atoms. The molecule has 2 aliphatic rings. The van der Waals surface area contributed by atoms with Crippen molar-refractivity contribution in [3.8, 4) is 17.1 Å². The number of alkyl halides is 6. The van der Waals surface area contributed by atoms with Crippen LogP contribution in [0.25, 0.3) is 11.4 Å². The summed E-state index contributed by atoms with van der Waals surface area (Å²) in [6.07, 6.45) is -8.10. The van der Waals surface area contributed by atoms with Crippen LogP contribution in [0.5, 0.6) is 5.75 Å². The first kappa shape index (κ1) is 35.2. The minimum absolute atomic E-state index is 0.0358. The molecule has 1 fully saturated rings. The fourth-order valence-electron chi connectivity index (χ4n) is 5.07. The van der Waals surface area contributed by atoms with Crippen LogP contribution in [0.4, 0.5) is 30.7 Å². The second kappa shape index (κ2) is 14.2. The molecule has 2 N–H and O–H groups in total. The third-order valence-corrected chi connectivity index (χ3v) is 7.12. The Bertz CT molecular complexity index is 1410. The number of likely N-dealkylation sites (N-methyl/N-ethyl adjacent to an activating group) is 1. The van der Waals surface area contributed by atoms with Gasteiger partial charge in [-0.1, -0.05) is 12.1 Å². The molecule has 0 atom stereocenters. The number of fused-ring (bicyclic) bond motifs is 2. The van der Waals surface area contributed by atoms with Gasteiger partial charge in [-0.25, -0.2) is 14.0 Å². The fourth-order valence-corrected chi connectivity index (χ4v) is 5.07. The Hall–Kier alpha value is -4.25. The highest BCUT2D eigenvalue weighted by molar-refractivity contribution is 5.73. The summed E-state index contributed by atoms with van der Waals surface area (Å²) in [5.74, 6) is -3.01. The van der Waals surface area contributed by atoms with Crippen molar-refractivity contribution < 1.29 is 55.3 Å². The zero-order chi connectivity index (χ0) is 33.6. The van der Waals surface area contributed by atoms with E-state index in [0.29, 0.717) is 0 Å². The molecule has 0 aliphatic carbocycles. The summed E-state index contributed by atoms with van der Waals surface area (Å²) in [6, 6.07) is 14.9. The van der Waals surface area contributed by atoms with Crippen LogP contribution in [-0.2, 0) is 28.2 Å². The maximum atomic E-state index is 13.5. The van der Waals surface area contributed by atoms with E-state index in [1.54, 1.807) is 19.2 Å². The summed E-state index contributed by atoms with van der Waals surface area (Å²) in [5.41, 5.74) is 2.19. The fraction of sp³-hybridized carbons (Fsp3) is 0.429. The van der Waals surface area contributed by atoms with E-state index in [0.717, 1.165) is 68.5 Å². The molecular weight excluding hydrogens is 619 g/mol. The van der Waals surface area contributed by atoms with Gasteiger partial charge in [0.2, 0.25) is 0 Å². The Morgan fingerprint density at radius 3 is 1.87 bits per heavy atom. The summed E-state index contributed by atoms with van der Waals surface area (Å²) in [5, 5.41) is 23.3. The SMILES string of the molecule is COc1ccc(CN2CCC3(CC2)CN(C)Cc2nnc(-c4ccc(F)cc4)n23)cc1.O=C(O)C(F)(F)F.O=C(O)C(F)(F)F. The second-order valence-electron chi connectivity index (χ2n) is 10.4. The molecule has 3 aromatic rings. The lowest BCUT2D eigenvalue weighted by molar-refractivity contribution is -0.193. The lowest BCUT2D eigenvalue weighted by Crippen LogP contribution is -2.55. The molecule has 2 aromatic carbocycles. The van der Waals surface area contributed by atoms with Gasteiger partial charge >= 0.3 is 24.3 Å². The van der Waals surface area contributed by atoms with Crippen molar-refractivity contribution in [1.29, 1.82) is 0 Å². The lowest BCUT2D eigenvalue weighted by Gasteiger charge is -2.48. The molecule has 45 heavy (non-hydrogen) atoms. The molecule has 17 heteroatoms. The Morgan fingerprint density at radius 2 is 1.40 bits per heavy atom. The number of carboxylic acids is 2. The molecule has 246 valence electrons. The summed E-state index contributed by atoms with van der Waals surface area (Å²) in [7, 11) is 3.85. The predicted octanol–water partition coefficient (Wildman–Crippen LogP) is 4.80. The van der Waals surface area contributed by atoms with Crippen LogP contribution in [-0.4, -0.2) is 92.9 Å². The van der Waals surface area contributed by atoms with Gasteiger partial charge < -0.3 is 19.5 Å². The third kappa shape index (κ3) is 9.37. The van der Waals surface area contributed by atoms with Crippen molar-refractivity contribution in [3.63, 3.8) is 0 Å². The number of halogens is 7. The number of aromatic nitrogens is 3. The summed E-state index contributed by atoms with van der Waals surface area (Å²) < 4.78 is 84.6. The highest BCUT2D eigenvalue weighted by Gasteiger charge is 2.43. The number of hydrogen-bond donors (Lipinski definition) is 2. The molecule has 0 amide bonds. The molecule has 0 unspecified atom stereocenters. The largest absolute Gasteiger partial charge is 0.497 e. The van der Waals surface area contributed by atoms with E-state index in [4.69, 9.17) is 24.5 Å². The van der Waals surface area contributed by atoms with Gasteiger partial charge in [0.05, 0.1) is 19.2 Å². The number of nitrogens with zero attached hydrogens (tertiary/aromatic N) is 5. The Morgan fingerprint density at radius 1 is 0.889 bits per heavy atom. The van der Waals surface area contributed by atoms with Gasteiger partial charge in [-0.3, -0.25) is 9.80 Å². The van der Waals surface area contributed by atoms with Crippen molar-refractivity contribution in [1.82, 2.24) is 24.6 Å². The Labute approximate surface area is 252 Å². The predicted molar refractivity (Wildman–Crippen MR) is 145 cm³/mol. The number of aliphatic carboxylic acids is 2. The summed E-state index contributed by atoms with van der Waals surface area (Å²) in [6.45, 7) is 4.73. The first-order chi connectivity index (χ1) is 20.9. The van der Waals surface area contributed by atoms with Crippen LogP contribution in [0.1, 0.15) is 24.2 Å². The van der Waals surface area contributed by atoms with Gasteiger partial charge in [0.25, 0.3) is 0 Å². The van der Waals surface area contributed by atoms with Gasteiger partial charge in [0.15, 0.2) is 5.82 Å². The van der Waals surface area contributed by atoms with Crippen molar-refractivity contribution >= 4 is 11.9 Å². The average molecular weight is 650 g/mol. The Kier molecular flexibility index (Phi) is 11.1. The number of methoxy groups -OCH3 is 1. The van der Waals surface area contributed by atoms with Crippen molar-refractivity contribution in [2.24, 2.45) is 0 Å². The van der Waals surface area contributed by atoms with E-state index < -0.39 is 24.3 Å². The number of ether oxygens (including phenoxy) is 1. The second-order valence-corrected chi connectivity index (χ2v) is 10.4. The molecule has 0 radical (unpaired) electrons. The molecule has 1 aromatic heterocycles. The monoisotopic (exact) mass is 649 g/mol. The van der Waals surface area contributed by atoms with E-state index >= 15 is 0 Å². The minimum Gasteiger partial charge on any atom is -0.497 e. The standard InChI is InChI=1S/C24H28FN5O.2C2HF3O2/c1-28-16-22-26-27-23(19-5-7-20(25)8-6-19)30(22)24(17-28)11-13-29(14-12-24)15-18-3-9-21(31-2)10-4-18;2*3-2(4,5)1(6)7/h3-10H,11-17H2,1-2H3;2*(H,6,7). The minimum atomic E-state index is -5.08. The number of carbonyl (C=O) groups is 2. The average Bonchev–Trinajstić information content (AvgIpc) is 3.39. The molecule has 5 rings (SSSR count). The lowest BCUT2D eigenvalue weighted by atomic mass is 9.84. The van der Waals surface area contributed by atoms with Crippen LogP contribution >= 0.6 is 0 Å². The van der Waals surface area contributed by atoms with E-state index in [1.165, 1.54) is 17.7 Å². The number of hydrogen-bond acceptors (Lipinski definition) is 7. The molecular formula is C28H30F7N5O5. The van der Waals surface area contributed by atoms with Crippen LogP contribution in [0.2, 0.25) is 0 Å². The normalized spacial score (nSPS) is 16.5. The number of likely N-dealkylation sites (tertiary alicyclic amines) is 1. The first-order valence-electron chi connectivity index (χ1n) is 13.3. The van der Waals surface area contributed by atoms with Crippen LogP contribution in [0.15, 0.2) is 48.5 Å². The van der Waals surface area contributed by atoms with Crippen LogP contribution < -0.4 is 4.74 Å². The number of benzene rings is 2. The molecule has 1 saturated heterocycles. The number of rotatable bonds is 4. The van der Waals surface area contributed by atoms with Crippen molar-refractivity contribution in [2.45, 2.75) is 43.8 Å². The highest BCUT2D eigenvalue weighted by Crippen LogP contribution is 2.39. The topological polar surface area (TPSA) is 121 Å². The molecule has 10 nitrogen and oxygen atoms in total. The number of piperidine rings is 1. The van der Waals surface area contributed by atoms with E-state index in [-0.39, 0.29) is 11.4 Å². The van der Waals surface area contributed by atoms with Gasteiger partial charge in [-0.05, 0) is 61.9 Å². The maximum absolute atomic E-state index is 13.5. The Balaban J connectivity index is 0.000000331. The first-order valence-corrected chi connectivity index (χ1v) is 13.3. The maximum Gasteiger partial charge on any atom is 0.490 e. The van der Waals surface area contributed by atoms with Gasteiger partial charge in [0.1, 0.15) is 17.4 Å². The summed E-state index contributed by atoms with van der Waals surface area (Å²) >= 11 is 0. The number of carboxylic acid groups (broad SMARTS) is 2. The highest BCUT2D eigenvalue weighted by atomic mass is 19.4. The van der Waals surface area contributed by atoms with Crippen LogP contribution in [0, 0.1) is 5.82 Å². The molecule has 3 heterocycles. The summed E-state index contributed by atoms with van der Waals surface area (Å²) in [4.78, 5) is 22.7. The van der Waals surface area contributed by atoms with Gasteiger partial charge in [0, 0.05) is 31.7 Å².